The van der Waals surface area contributed by atoms with E-state index in [1.165, 1.54) is 28.2 Å². The van der Waals surface area contributed by atoms with E-state index in [-0.39, 0.29) is 27.7 Å². The first kappa shape index (κ1) is 17.8. The Bertz CT molecular complexity index is 925. The van der Waals surface area contributed by atoms with E-state index in [2.05, 4.69) is 0 Å². The van der Waals surface area contributed by atoms with Crippen molar-refractivity contribution in [1.82, 2.24) is 9.13 Å². The predicted molar refractivity (Wildman–Crippen MR) is 92.1 cm³/mol. The molecule has 1 aromatic heterocycles. The molecule has 0 unspecified atom stereocenters. The molecule has 0 saturated heterocycles. The van der Waals surface area contributed by atoms with Crippen LogP contribution in [0.15, 0.2) is 35.1 Å². The first-order chi connectivity index (χ1) is 11.2. The van der Waals surface area contributed by atoms with Crippen LogP contribution in [0.5, 0.6) is 5.75 Å². The number of aromatic nitrogens is 2. The topological polar surface area (TPSA) is 70.3 Å². The summed E-state index contributed by atoms with van der Waals surface area (Å²) in [6.45, 7) is 6.52. The lowest BCUT2D eigenvalue weighted by Gasteiger charge is -2.17. The highest BCUT2D eigenvalue weighted by atomic mass is 32.1. The largest absolute Gasteiger partial charge is 0.426 e. The summed E-state index contributed by atoms with van der Waals surface area (Å²) >= 11 is 5.35. The lowest BCUT2D eigenvalue weighted by molar-refractivity contribution is -0.131. The second kappa shape index (κ2) is 6.92. The highest BCUT2D eigenvalue weighted by molar-refractivity contribution is 7.71. The fourth-order valence-electron chi connectivity index (χ4n) is 2.40. The van der Waals surface area contributed by atoms with Crippen LogP contribution in [0.3, 0.4) is 0 Å². The molecule has 0 amide bonds. The summed E-state index contributed by atoms with van der Waals surface area (Å²) in [5.41, 5.74) is 0.357. The Balaban J connectivity index is 2.68. The van der Waals surface area contributed by atoms with Crippen molar-refractivity contribution < 1.29 is 14.3 Å². The van der Waals surface area contributed by atoms with Crippen LogP contribution in [-0.2, 0) is 4.79 Å². The van der Waals surface area contributed by atoms with Crippen molar-refractivity contribution in [2.75, 3.05) is 0 Å². The van der Waals surface area contributed by atoms with Gasteiger partial charge < -0.3 is 4.74 Å². The average Bonchev–Trinajstić information content (AvgIpc) is 2.45. The monoisotopic (exact) mass is 346 g/mol. The summed E-state index contributed by atoms with van der Waals surface area (Å²) in [4.78, 5) is 36.3. The fraction of sp³-hybridized carbons (Fsp3) is 0.294. The number of hydrogen-bond acceptors (Lipinski definition) is 5. The molecule has 0 bridgehead atoms. The summed E-state index contributed by atoms with van der Waals surface area (Å²) in [7, 11) is 0. The molecule has 0 atom stereocenters. The highest BCUT2D eigenvalue weighted by Crippen LogP contribution is 2.20. The molecule has 0 fully saturated rings. The van der Waals surface area contributed by atoms with Gasteiger partial charge in [-0.1, -0.05) is 12.1 Å². The third kappa shape index (κ3) is 3.35. The van der Waals surface area contributed by atoms with Gasteiger partial charge in [0.2, 0.25) is 0 Å². The second-order valence-corrected chi connectivity index (χ2v) is 5.97. The van der Waals surface area contributed by atoms with E-state index in [1.807, 2.05) is 13.8 Å². The summed E-state index contributed by atoms with van der Waals surface area (Å²) in [6, 6.07) is 7.59. The molecule has 6 nitrogen and oxygen atoms in total. The normalized spacial score (nSPS) is 10.7. The zero-order valence-electron chi connectivity index (χ0n) is 13.9. The molecule has 0 N–H and O–H groups in total. The smallest absolute Gasteiger partial charge is 0.308 e. The van der Waals surface area contributed by atoms with E-state index in [0.29, 0.717) is 5.69 Å². The predicted octanol–water partition coefficient (Wildman–Crippen LogP) is 2.88. The van der Waals surface area contributed by atoms with Gasteiger partial charge in [-0.05, 0) is 45.1 Å². The Morgan fingerprint density at radius 2 is 1.83 bits per heavy atom. The van der Waals surface area contributed by atoms with Crippen molar-refractivity contribution in [2.24, 2.45) is 0 Å². The molecule has 7 heteroatoms. The highest BCUT2D eigenvalue weighted by Gasteiger charge is 2.19. The number of para-hydroxylation sites is 1. The van der Waals surface area contributed by atoms with E-state index >= 15 is 0 Å². The molecule has 0 spiro atoms. The van der Waals surface area contributed by atoms with Crippen LogP contribution < -0.4 is 10.3 Å². The number of hydrogen-bond donors (Lipinski definition) is 0. The lowest BCUT2D eigenvalue weighted by atomic mass is 10.2. The number of carbonyl (C=O) groups is 2. The minimum Gasteiger partial charge on any atom is -0.426 e. The third-order valence-electron chi connectivity index (χ3n) is 3.41. The van der Waals surface area contributed by atoms with Crippen molar-refractivity contribution in [1.29, 1.82) is 0 Å². The van der Waals surface area contributed by atoms with Gasteiger partial charge in [0.05, 0.1) is 5.56 Å². The second-order valence-electron chi connectivity index (χ2n) is 5.60. The first-order valence-corrected chi connectivity index (χ1v) is 7.82. The molecule has 2 rings (SSSR count). The van der Waals surface area contributed by atoms with E-state index in [9.17, 15) is 14.4 Å². The molecule has 1 aromatic carbocycles. The number of esters is 1. The molecular weight excluding hydrogens is 328 g/mol. The van der Waals surface area contributed by atoms with Crippen LogP contribution in [0, 0.1) is 11.7 Å². The summed E-state index contributed by atoms with van der Waals surface area (Å²) in [5.74, 6) is -0.829. The van der Waals surface area contributed by atoms with Gasteiger partial charge in [0, 0.05) is 24.7 Å². The van der Waals surface area contributed by atoms with E-state index < -0.39 is 11.9 Å². The van der Waals surface area contributed by atoms with Gasteiger partial charge in [0.25, 0.3) is 11.5 Å². The Hall–Kier alpha value is -2.54. The number of nitrogens with zero attached hydrogens (tertiary/aromatic N) is 2. The Morgan fingerprint density at radius 3 is 2.42 bits per heavy atom. The molecule has 24 heavy (non-hydrogen) atoms. The van der Waals surface area contributed by atoms with Gasteiger partial charge in [-0.15, -0.1) is 0 Å². The van der Waals surface area contributed by atoms with Crippen LogP contribution in [0.4, 0.5) is 0 Å². The molecule has 0 aliphatic carbocycles. The van der Waals surface area contributed by atoms with Crippen molar-refractivity contribution >= 4 is 24.1 Å². The number of benzene rings is 1. The lowest BCUT2D eigenvalue weighted by Crippen LogP contribution is -2.30. The van der Waals surface area contributed by atoms with Gasteiger partial charge in [-0.2, -0.15) is 0 Å². The van der Waals surface area contributed by atoms with E-state index in [0.717, 1.165) is 0 Å². The van der Waals surface area contributed by atoms with Crippen LogP contribution >= 0.6 is 12.2 Å². The van der Waals surface area contributed by atoms with Gasteiger partial charge in [-0.3, -0.25) is 23.5 Å². The summed E-state index contributed by atoms with van der Waals surface area (Å²) in [6.07, 6.45) is 0. The number of aryl methyl sites for hydroxylation is 1. The average molecular weight is 346 g/mol. The first-order valence-electron chi connectivity index (χ1n) is 7.41. The van der Waals surface area contributed by atoms with Crippen molar-refractivity contribution in [2.45, 2.75) is 33.7 Å². The van der Waals surface area contributed by atoms with Crippen LogP contribution in [-0.4, -0.2) is 21.0 Å². The minimum absolute atomic E-state index is 0.109. The van der Waals surface area contributed by atoms with Crippen LogP contribution in [0.2, 0.25) is 0 Å². The Kier molecular flexibility index (Phi) is 5.14. The zero-order chi connectivity index (χ0) is 18.0. The van der Waals surface area contributed by atoms with E-state index in [4.69, 9.17) is 17.0 Å². The number of ether oxygens (including phenoxy) is 1. The van der Waals surface area contributed by atoms with Crippen molar-refractivity contribution in [3.8, 4) is 5.75 Å². The zero-order valence-corrected chi connectivity index (χ0v) is 14.7. The molecular formula is C17H18N2O4S. The standard InChI is InChI=1S/C17H18N2O4S/c1-10(2)18-15(21)9-11(3)19(17(18)24)16(22)13-7-5-6-8-14(13)23-12(4)20/h5-10H,1-4H3. The van der Waals surface area contributed by atoms with Gasteiger partial charge in [0.1, 0.15) is 5.75 Å². The van der Waals surface area contributed by atoms with Gasteiger partial charge >= 0.3 is 5.97 Å². The van der Waals surface area contributed by atoms with Gasteiger partial charge in [-0.25, -0.2) is 0 Å². The molecule has 126 valence electrons. The molecule has 0 radical (unpaired) electrons. The SMILES string of the molecule is CC(=O)Oc1ccccc1C(=O)n1c(C)cc(=O)n(C(C)C)c1=S. The third-order valence-corrected chi connectivity index (χ3v) is 3.79. The summed E-state index contributed by atoms with van der Waals surface area (Å²) < 4.78 is 7.85. The molecule has 2 aromatic rings. The van der Waals surface area contributed by atoms with E-state index in [1.54, 1.807) is 25.1 Å². The molecule has 0 aliphatic rings. The number of carbonyl (C=O) groups excluding carboxylic acids is 2. The van der Waals surface area contributed by atoms with Gasteiger partial charge in [0.15, 0.2) is 4.77 Å². The maximum atomic E-state index is 13.0. The minimum atomic E-state index is -0.525. The molecule has 1 heterocycles. The van der Waals surface area contributed by atoms with Crippen molar-refractivity contribution in [3.63, 3.8) is 0 Å². The molecule has 0 saturated carbocycles. The maximum absolute atomic E-state index is 13.0. The van der Waals surface area contributed by atoms with Crippen LogP contribution in [0.1, 0.15) is 42.9 Å². The summed E-state index contributed by atoms with van der Waals surface area (Å²) in [5, 5.41) is 0. The fourth-order valence-corrected chi connectivity index (χ4v) is 2.92. The Morgan fingerprint density at radius 1 is 1.21 bits per heavy atom. The van der Waals surface area contributed by atoms with Crippen molar-refractivity contribution in [3.05, 3.63) is 56.7 Å². The Labute approximate surface area is 144 Å². The van der Waals surface area contributed by atoms with Crippen LogP contribution in [0.25, 0.3) is 0 Å². The molecule has 0 aliphatic heterocycles. The maximum Gasteiger partial charge on any atom is 0.308 e. The quantitative estimate of drug-likeness (QED) is 0.485. The number of rotatable bonds is 3.